The van der Waals surface area contributed by atoms with Crippen LogP contribution >= 0.6 is 22.8 Å². The minimum Gasteiger partial charge on any atom is -0.463 e. The number of alkyl halides is 3. The number of aromatic nitrogens is 9. The Kier molecular flexibility index (Phi) is 26.9. The predicted molar refractivity (Wildman–Crippen MR) is 430 cm³/mol. The van der Waals surface area contributed by atoms with Gasteiger partial charge in [-0.1, -0.05) is 75.4 Å². The number of ether oxygens (including phenoxy) is 6. The van der Waals surface area contributed by atoms with Crippen LogP contribution in [0.2, 0.25) is 0 Å². The van der Waals surface area contributed by atoms with Crippen LogP contribution in [-0.4, -0.2) is 207 Å². The monoisotopic (exact) mass is 1750 g/mol. The molecule has 0 amide bonds. The number of halogens is 3. The number of aromatic amines is 3. The van der Waals surface area contributed by atoms with Gasteiger partial charge in [0.1, 0.15) is 90.5 Å². The van der Waals surface area contributed by atoms with Crippen LogP contribution in [0.5, 0.6) is 17.2 Å². The maximum Gasteiger partial charge on any atom is 0.380 e. The van der Waals surface area contributed by atoms with Gasteiger partial charge in [0.25, 0.3) is 16.7 Å². The van der Waals surface area contributed by atoms with E-state index in [1.807, 2.05) is 0 Å². The lowest BCUT2D eigenvalue weighted by atomic mass is 9.92. The van der Waals surface area contributed by atoms with E-state index < -0.39 is 224 Å². The summed E-state index contributed by atoms with van der Waals surface area (Å²) < 4.78 is 207. The number of carbonyl (C=O) groups is 3. The van der Waals surface area contributed by atoms with Crippen LogP contribution < -0.4 is 64.7 Å². The molecule has 45 heteroatoms. The summed E-state index contributed by atoms with van der Waals surface area (Å²) in [6.45, 7) is 0.458. The molecule has 654 valence electrons. The molecule has 9 aromatic rings. The molecule has 3 aromatic carbocycles. The number of aliphatic hydroxyl groups excluding tert-OH is 3. The molecular weight excluding hydrogens is 1640 g/mol. The molecule has 0 bridgehead atoms. The van der Waals surface area contributed by atoms with Gasteiger partial charge in [-0.2, -0.15) is 15.0 Å². The third-order valence-corrected chi connectivity index (χ3v) is 24.2. The Bertz CT molecular complexity index is 5160. The van der Waals surface area contributed by atoms with Gasteiger partial charge in [0.2, 0.25) is 17.8 Å². The van der Waals surface area contributed by atoms with Crippen molar-refractivity contribution in [1.82, 2.24) is 43.6 Å². The second kappa shape index (κ2) is 38.5. The largest absolute Gasteiger partial charge is 0.463 e. The number of nitrogens with two attached hydrogens (primary N) is 6. The quantitative estimate of drug-likeness (QED) is 0.0121. The summed E-state index contributed by atoms with van der Waals surface area (Å²) in [5.41, 5.74) is 26.9. The molecule has 0 spiro atoms. The SMILES string of the molecule is [2H]C([2H])(OP(=O)(C[C@@H](C)C(=O)OC(C)C)Oc1ccccc1)[C@H]1O[C@@H](n2ccc3c(=O)[nH]c(N)nc32)C(N)(CF)[C@H]1O.[2H]C([2H])(O[P@@](=O)(C[C@@H](C)C(=O)OC(C)C)Oc1ccccc1)[C@H]1O[C@@H](n2ccc3c(=O)[nH]c(N)nc32)C(N)(CF)[C@H]1O.[2H]C([2H])(O[P@](=O)(C[C@@H](C)C(=O)OC(C)C)Oc1ccccc1)[C@H]1O[C@@H](n2ccc3c(=O)[nH]c(N)nc32)C(N)(CF)[C@H]1O. The van der Waals surface area contributed by atoms with E-state index in [2.05, 4.69) is 29.9 Å². The zero-order valence-corrected chi connectivity index (χ0v) is 68.7. The molecule has 18 N–H and O–H groups in total. The summed E-state index contributed by atoms with van der Waals surface area (Å²) in [6, 6.07) is 27.2. The Morgan fingerprint density at radius 3 is 0.900 bits per heavy atom. The fourth-order valence-electron chi connectivity index (χ4n) is 12.6. The Balaban J connectivity index is 0.000000197. The highest BCUT2D eigenvalue weighted by Crippen LogP contribution is 2.55. The summed E-state index contributed by atoms with van der Waals surface area (Å²) >= 11 is 0. The normalized spacial score (nSPS) is 26.2. The number of carbonyl (C=O) groups excluding carboxylic acids is 3. The first kappa shape index (κ1) is 83.8. The smallest absolute Gasteiger partial charge is 0.380 e. The van der Waals surface area contributed by atoms with Crippen molar-refractivity contribution < 1.29 is 120 Å². The minimum atomic E-state index is -4.56. The Labute approximate surface area is 692 Å². The first-order chi connectivity index (χ1) is 58.8. The van der Waals surface area contributed by atoms with Gasteiger partial charge in [-0.25, -0.2) is 26.9 Å². The molecule has 0 saturated carbocycles. The number of nitrogen functional groups attached to an aromatic ring is 3. The van der Waals surface area contributed by atoms with Gasteiger partial charge in [0.05, 0.1) is 98.6 Å². The van der Waals surface area contributed by atoms with Crippen LogP contribution in [0, 0.1) is 17.8 Å². The van der Waals surface area contributed by atoms with Gasteiger partial charge in [0, 0.05) is 18.6 Å². The van der Waals surface area contributed by atoms with Crippen LogP contribution in [0.4, 0.5) is 31.0 Å². The zero-order valence-electron chi connectivity index (χ0n) is 72.1. The molecule has 3 saturated heterocycles. The fourth-order valence-corrected chi connectivity index (χ4v) is 17.8. The number of benzene rings is 3. The standard InChI is InChI=1S/3C25H33FN5O8P/c3*1-14(2)37-22(34)15(3)12-40(35,39-16-7-5-4-6-8-16)36-11-18-19(32)25(28,13-26)23(38-18)31-10-9-17-20(31)29-24(27)30-21(17)33/h3*4-10,14-15,18-19,23,32H,11-13,28H2,1-3H3,(H3,27,29,30,33)/t15-,18-,19+,23-,25?,40?;15-,18-,19+,23-,25?,40+;15-,18-,19+,23-,25?,40-/m111/s1/i3*11D2. The van der Waals surface area contributed by atoms with E-state index in [-0.39, 0.29) is 68.2 Å². The number of anilines is 3. The Morgan fingerprint density at radius 2 is 0.683 bits per heavy atom. The van der Waals surface area contributed by atoms with Gasteiger partial charge in [-0.05, 0) is 96.1 Å². The van der Waals surface area contributed by atoms with E-state index in [1.54, 1.807) is 96.1 Å². The van der Waals surface area contributed by atoms with Crippen molar-refractivity contribution >= 4 is 91.6 Å². The minimum absolute atomic E-state index is 0.0502. The lowest BCUT2D eigenvalue weighted by Crippen LogP contribution is -2.56. The summed E-state index contributed by atoms with van der Waals surface area (Å²) in [4.78, 5) is 93.5. The van der Waals surface area contributed by atoms with Crippen molar-refractivity contribution in [3.63, 3.8) is 0 Å². The number of hydrogen-bond donors (Lipinski definition) is 12. The zero-order chi connectivity index (χ0) is 93.1. The molecule has 39 nitrogen and oxygen atoms in total. The highest BCUT2D eigenvalue weighted by atomic mass is 31.2. The van der Waals surface area contributed by atoms with Crippen molar-refractivity contribution in [1.29, 1.82) is 0 Å². The van der Waals surface area contributed by atoms with E-state index in [0.29, 0.717) is 0 Å². The predicted octanol–water partition coefficient (Wildman–Crippen LogP) is 6.33. The maximum atomic E-state index is 14.5. The molecule has 3 fully saturated rings. The lowest BCUT2D eigenvalue weighted by molar-refractivity contribution is -0.152. The molecule has 18 atom stereocenters. The number of para-hydroxylation sites is 3. The fraction of sp³-hybridized carbons (Fsp3) is 0.480. The molecule has 120 heavy (non-hydrogen) atoms. The van der Waals surface area contributed by atoms with Crippen molar-refractivity contribution in [2.75, 3.05) is 75.4 Å². The van der Waals surface area contributed by atoms with Gasteiger partial charge in [-0.15, -0.1) is 0 Å². The summed E-state index contributed by atoms with van der Waals surface area (Å²) in [6.07, 6.45) is -16.4. The third kappa shape index (κ3) is 21.2. The summed E-state index contributed by atoms with van der Waals surface area (Å²) in [5, 5.41) is 33.5. The molecule has 6 aromatic heterocycles. The number of nitrogens with one attached hydrogen (secondary N) is 3. The second-order valence-corrected chi connectivity index (χ2v) is 35.3. The van der Waals surface area contributed by atoms with Crippen molar-refractivity contribution in [3.8, 4) is 17.2 Å². The van der Waals surface area contributed by atoms with E-state index in [4.69, 9.17) is 98.2 Å². The van der Waals surface area contributed by atoms with Gasteiger partial charge in [0.15, 0.2) is 35.6 Å². The Morgan fingerprint density at radius 1 is 0.450 bits per heavy atom. The highest BCUT2D eigenvalue weighted by Gasteiger charge is 2.59. The van der Waals surface area contributed by atoms with Crippen LogP contribution in [0.1, 0.15) is 89.2 Å². The molecular formula is C75H99F3N15O24P3. The number of esters is 3. The van der Waals surface area contributed by atoms with E-state index in [1.165, 1.54) is 94.0 Å². The number of H-pyrrole nitrogens is 3. The van der Waals surface area contributed by atoms with Crippen LogP contribution in [0.15, 0.2) is 142 Å². The van der Waals surface area contributed by atoms with Gasteiger partial charge in [-0.3, -0.25) is 57.3 Å². The van der Waals surface area contributed by atoms with Crippen molar-refractivity contribution in [3.05, 3.63) is 159 Å². The van der Waals surface area contributed by atoms with Crippen LogP contribution in [0.3, 0.4) is 0 Å². The molecule has 0 aliphatic carbocycles. The number of fused-ring (bicyclic) bond motifs is 3. The third-order valence-electron chi connectivity index (χ3n) is 18.6. The second-order valence-electron chi connectivity index (χ2n) is 29.4. The molecule has 0 radical (unpaired) electrons. The average Bonchev–Trinajstić information content (AvgIpc) is 1.58. The van der Waals surface area contributed by atoms with Crippen LogP contribution in [0.25, 0.3) is 33.1 Å². The lowest BCUT2D eigenvalue weighted by Gasteiger charge is -2.30. The maximum absolute atomic E-state index is 14.5. The van der Waals surface area contributed by atoms with Gasteiger partial charge < -0.3 is 105 Å². The van der Waals surface area contributed by atoms with Gasteiger partial charge >= 0.3 is 40.7 Å². The van der Waals surface area contributed by atoms with Crippen molar-refractivity contribution in [2.45, 2.75) is 153 Å². The molecule has 12 rings (SSSR count). The van der Waals surface area contributed by atoms with Crippen LogP contribution in [-0.2, 0) is 70.1 Å². The van der Waals surface area contributed by atoms with Crippen molar-refractivity contribution in [2.24, 2.45) is 35.0 Å². The number of hydrogen-bond acceptors (Lipinski definition) is 33. The highest BCUT2D eigenvalue weighted by molar-refractivity contribution is 7.55. The molecule has 4 unspecified atom stereocenters. The number of rotatable bonds is 33. The topological polar surface area (TPSA) is 582 Å². The van der Waals surface area contributed by atoms with E-state index >= 15 is 0 Å². The summed E-state index contributed by atoms with van der Waals surface area (Å²) in [7, 11) is -13.7. The Hall–Kier alpha value is -9.87. The number of nitrogens with zero attached hydrogens (tertiary/aromatic N) is 6. The molecule has 3 aliphatic rings. The first-order valence-electron chi connectivity index (χ1n) is 40.2. The molecule has 3 aliphatic heterocycles. The average molecular weight is 1750 g/mol. The molecule has 9 heterocycles. The summed E-state index contributed by atoms with van der Waals surface area (Å²) in [5.74, 6) is -5.94. The number of aliphatic hydroxyl groups is 3. The van der Waals surface area contributed by atoms with E-state index in [9.17, 15) is 71.0 Å². The van der Waals surface area contributed by atoms with E-state index in [0.717, 1.165) is 13.7 Å². The first-order valence-corrected chi connectivity index (χ1v) is 42.4.